The molecule has 33 heavy (non-hydrogen) atoms. The Morgan fingerprint density at radius 3 is 2.55 bits per heavy atom. The van der Waals surface area contributed by atoms with Crippen molar-refractivity contribution in [2.75, 3.05) is 19.7 Å². The molecule has 3 heterocycles. The lowest BCUT2D eigenvalue weighted by molar-refractivity contribution is -0.160. The fourth-order valence-corrected chi connectivity index (χ4v) is 6.49. The second kappa shape index (κ2) is 9.74. The summed E-state index contributed by atoms with van der Waals surface area (Å²) < 4.78 is 6.56. The molecular weight excluding hydrogens is 424 g/mol. The highest BCUT2D eigenvalue weighted by molar-refractivity contribution is 5.98. The van der Waals surface area contributed by atoms with Gasteiger partial charge in [0.25, 0.3) is 0 Å². The first kappa shape index (κ1) is 25.7. The molecule has 2 amide bonds. The summed E-state index contributed by atoms with van der Waals surface area (Å²) in [6.45, 7) is 12.3. The maximum absolute atomic E-state index is 14.1. The van der Waals surface area contributed by atoms with E-state index < -0.39 is 41.1 Å². The second-order valence-corrected chi connectivity index (χ2v) is 10.3. The largest absolute Gasteiger partial charge is 0.481 e. The van der Waals surface area contributed by atoms with Gasteiger partial charge in [-0.25, -0.2) is 0 Å². The van der Waals surface area contributed by atoms with Crippen LogP contribution in [0.25, 0.3) is 0 Å². The van der Waals surface area contributed by atoms with E-state index in [0.717, 1.165) is 12.8 Å². The van der Waals surface area contributed by atoms with E-state index in [1.165, 1.54) is 4.90 Å². The highest BCUT2D eigenvalue weighted by Crippen LogP contribution is 2.64. The maximum Gasteiger partial charge on any atom is 0.310 e. The third-order valence-electron chi connectivity index (χ3n) is 7.91. The molecule has 2 bridgehead atoms. The number of likely N-dealkylation sites (tertiary alicyclic amines) is 1. The summed E-state index contributed by atoms with van der Waals surface area (Å²) in [5, 5.41) is 20.4. The van der Waals surface area contributed by atoms with Gasteiger partial charge < -0.3 is 24.7 Å². The zero-order chi connectivity index (χ0) is 24.6. The lowest BCUT2D eigenvalue weighted by atomic mass is 9.65. The predicted octanol–water partition coefficient (Wildman–Crippen LogP) is 2.45. The van der Waals surface area contributed by atoms with Gasteiger partial charge >= 0.3 is 5.97 Å². The molecule has 3 aliphatic rings. The summed E-state index contributed by atoms with van der Waals surface area (Å²) in [6.07, 6.45) is 5.34. The molecule has 0 aliphatic carbocycles. The molecule has 2 unspecified atom stereocenters. The van der Waals surface area contributed by atoms with E-state index in [1.54, 1.807) is 11.0 Å². The molecule has 0 saturated carbocycles. The first-order valence-electron chi connectivity index (χ1n) is 12.4. The Morgan fingerprint density at radius 1 is 1.33 bits per heavy atom. The molecule has 8 heteroatoms. The molecule has 6 atom stereocenters. The van der Waals surface area contributed by atoms with E-state index >= 15 is 0 Å². The summed E-state index contributed by atoms with van der Waals surface area (Å²) in [5.41, 5.74) is -2.11. The molecule has 8 nitrogen and oxygen atoms in total. The normalized spacial score (nSPS) is 33.5. The number of fused-ring (bicyclic) bond motifs is 1. The van der Waals surface area contributed by atoms with Gasteiger partial charge in [-0.2, -0.15) is 0 Å². The smallest absolute Gasteiger partial charge is 0.310 e. The predicted molar refractivity (Wildman–Crippen MR) is 123 cm³/mol. The quantitative estimate of drug-likeness (QED) is 0.430. The Morgan fingerprint density at radius 2 is 2.03 bits per heavy atom. The average molecular weight is 465 g/mol. The van der Waals surface area contributed by atoms with Crippen molar-refractivity contribution in [3.63, 3.8) is 0 Å². The monoisotopic (exact) mass is 464 g/mol. The number of nitrogens with zero attached hydrogens (tertiary/aromatic N) is 2. The molecule has 2 N–H and O–H groups in total. The van der Waals surface area contributed by atoms with E-state index in [4.69, 9.17) is 4.74 Å². The molecule has 0 aromatic rings. The van der Waals surface area contributed by atoms with Crippen molar-refractivity contribution in [2.45, 2.75) is 89.5 Å². The standard InChI is InChI=1S/C25H40N2O6/c1-6-9-13-26(12-7-2)22(30)20-25-11-10-24(8-3,33-25)19(23(31)32)18(25)21(29)27(20)17(15-28)14-16(4)5/h7,16-20,28H,2,6,8-15H2,1,3-5H3,(H,31,32)/t17-,18+,19-,20?,24+,25?/m1/s1. The number of aliphatic carboxylic acids is 1. The van der Waals surface area contributed by atoms with Crippen LogP contribution >= 0.6 is 0 Å². The molecule has 3 aliphatic heterocycles. The maximum atomic E-state index is 14.1. The van der Waals surface area contributed by atoms with Gasteiger partial charge in [0.2, 0.25) is 11.8 Å². The van der Waals surface area contributed by atoms with E-state index in [1.807, 2.05) is 27.7 Å². The fourth-order valence-electron chi connectivity index (χ4n) is 6.49. The number of ether oxygens (including phenoxy) is 1. The number of aliphatic hydroxyl groups is 1. The van der Waals surface area contributed by atoms with Gasteiger partial charge in [-0.1, -0.05) is 40.2 Å². The van der Waals surface area contributed by atoms with Gasteiger partial charge in [0.15, 0.2) is 0 Å². The molecule has 0 aromatic heterocycles. The highest BCUT2D eigenvalue weighted by atomic mass is 16.5. The Kier molecular flexibility index (Phi) is 7.58. The van der Waals surface area contributed by atoms with Crippen molar-refractivity contribution < 1.29 is 29.3 Å². The molecule has 0 aromatic carbocycles. The number of carboxylic acid groups (broad SMARTS) is 1. The summed E-state index contributed by atoms with van der Waals surface area (Å²) in [5.74, 6) is -3.39. The van der Waals surface area contributed by atoms with Gasteiger partial charge in [0.1, 0.15) is 17.6 Å². The van der Waals surface area contributed by atoms with Gasteiger partial charge in [-0.05, 0) is 38.0 Å². The summed E-state index contributed by atoms with van der Waals surface area (Å²) >= 11 is 0. The van der Waals surface area contributed by atoms with Crippen molar-refractivity contribution in [3.05, 3.63) is 12.7 Å². The molecular formula is C25H40N2O6. The van der Waals surface area contributed by atoms with Crippen LogP contribution in [-0.2, 0) is 19.1 Å². The van der Waals surface area contributed by atoms with E-state index in [2.05, 4.69) is 6.58 Å². The van der Waals surface area contributed by atoms with Gasteiger partial charge in [-0.3, -0.25) is 14.4 Å². The number of carbonyl (C=O) groups is 3. The van der Waals surface area contributed by atoms with Crippen LogP contribution in [0, 0.1) is 17.8 Å². The van der Waals surface area contributed by atoms with Crippen molar-refractivity contribution in [1.29, 1.82) is 0 Å². The molecule has 186 valence electrons. The number of aliphatic hydroxyl groups excluding tert-OH is 1. The number of carbonyl (C=O) groups excluding carboxylic acids is 2. The topological polar surface area (TPSA) is 107 Å². The van der Waals surface area contributed by atoms with Crippen LogP contribution in [0.2, 0.25) is 0 Å². The summed E-state index contributed by atoms with van der Waals surface area (Å²) in [6, 6.07) is -1.52. The zero-order valence-electron chi connectivity index (χ0n) is 20.5. The average Bonchev–Trinajstić information content (AvgIpc) is 3.38. The minimum absolute atomic E-state index is 0.183. The van der Waals surface area contributed by atoms with Gasteiger partial charge in [-0.15, -0.1) is 6.58 Å². The van der Waals surface area contributed by atoms with Crippen molar-refractivity contribution in [3.8, 4) is 0 Å². The first-order valence-corrected chi connectivity index (χ1v) is 12.4. The van der Waals surface area contributed by atoms with Crippen molar-refractivity contribution in [2.24, 2.45) is 17.8 Å². The van der Waals surface area contributed by atoms with Gasteiger partial charge in [0.05, 0.1) is 24.2 Å². The first-order chi connectivity index (χ1) is 15.6. The number of carboxylic acids is 1. The van der Waals surface area contributed by atoms with Crippen LogP contribution < -0.4 is 0 Å². The number of rotatable bonds is 12. The SMILES string of the molecule is C=CCN(CCCC)C(=O)C1N([C@@H](CO)CC(C)C)C(=O)[C@@H]2[C@H](C(=O)O)[C@]3(CC)CCC12O3. The molecule has 0 radical (unpaired) electrons. The summed E-state index contributed by atoms with van der Waals surface area (Å²) in [4.78, 5) is 43.6. The Labute approximate surface area is 196 Å². The molecule has 1 spiro atoms. The number of amides is 2. The fraction of sp³-hybridized carbons (Fsp3) is 0.800. The Balaban J connectivity index is 2.13. The molecule has 3 fully saturated rings. The number of hydrogen-bond donors (Lipinski definition) is 2. The summed E-state index contributed by atoms with van der Waals surface area (Å²) in [7, 11) is 0. The third kappa shape index (κ3) is 3.99. The Bertz CT molecular complexity index is 785. The third-order valence-corrected chi connectivity index (χ3v) is 7.91. The Hall–Kier alpha value is -1.93. The van der Waals surface area contributed by atoms with Crippen LogP contribution in [0.3, 0.4) is 0 Å². The minimum atomic E-state index is -1.18. The number of hydrogen-bond acceptors (Lipinski definition) is 5. The van der Waals surface area contributed by atoms with Crippen molar-refractivity contribution in [1.82, 2.24) is 9.80 Å². The number of unbranched alkanes of at least 4 members (excludes halogenated alkanes) is 1. The van der Waals surface area contributed by atoms with Crippen LogP contribution in [0.1, 0.15) is 66.2 Å². The van der Waals surface area contributed by atoms with E-state index in [0.29, 0.717) is 38.8 Å². The zero-order valence-corrected chi connectivity index (χ0v) is 20.5. The molecule has 3 rings (SSSR count). The van der Waals surface area contributed by atoms with Crippen LogP contribution in [0.15, 0.2) is 12.7 Å². The van der Waals surface area contributed by atoms with Crippen LogP contribution in [0.4, 0.5) is 0 Å². The molecule has 3 saturated heterocycles. The lowest BCUT2D eigenvalue weighted by Crippen LogP contribution is -2.59. The van der Waals surface area contributed by atoms with Crippen LogP contribution in [-0.4, -0.2) is 80.8 Å². The lowest BCUT2D eigenvalue weighted by Gasteiger charge is -2.40. The van der Waals surface area contributed by atoms with E-state index in [9.17, 15) is 24.6 Å². The van der Waals surface area contributed by atoms with Gasteiger partial charge in [0, 0.05) is 13.1 Å². The minimum Gasteiger partial charge on any atom is -0.481 e. The van der Waals surface area contributed by atoms with Crippen LogP contribution in [0.5, 0.6) is 0 Å². The van der Waals surface area contributed by atoms with Crippen molar-refractivity contribution >= 4 is 17.8 Å². The van der Waals surface area contributed by atoms with E-state index in [-0.39, 0.29) is 24.3 Å². The highest BCUT2D eigenvalue weighted by Gasteiger charge is 2.79. The second-order valence-electron chi connectivity index (χ2n) is 10.3.